The van der Waals surface area contributed by atoms with E-state index in [0.717, 1.165) is 54.7 Å². The van der Waals surface area contributed by atoms with Gasteiger partial charge in [0.1, 0.15) is 0 Å². The van der Waals surface area contributed by atoms with E-state index in [1.54, 1.807) is 0 Å². The number of halogens is 1. The standard InChI is InChI=1S/C20H29ClN2O3/c21-18-11-20-19(25-14-26-20)10-15(18)12-22-7-8-23(17(13-22)6-9-24)16-4-2-1-3-5-16/h10-11,16-17,24H,1-9,12-14H2/t17-/m1/s1. The van der Waals surface area contributed by atoms with Gasteiger partial charge in [0.05, 0.1) is 0 Å². The van der Waals surface area contributed by atoms with Crippen LogP contribution in [0.2, 0.25) is 5.02 Å². The molecule has 1 aliphatic carbocycles. The summed E-state index contributed by atoms with van der Waals surface area (Å²) in [5, 5.41) is 10.3. The van der Waals surface area contributed by atoms with E-state index in [4.69, 9.17) is 21.1 Å². The zero-order valence-electron chi connectivity index (χ0n) is 15.3. The van der Waals surface area contributed by atoms with Crippen molar-refractivity contribution in [3.05, 3.63) is 22.7 Å². The first kappa shape index (κ1) is 18.4. The molecule has 0 amide bonds. The van der Waals surface area contributed by atoms with Gasteiger partial charge in [0.25, 0.3) is 0 Å². The fraction of sp³-hybridized carbons (Fsp3) is 0.700. The normalized spacial score (nSPS) is 24.9. The number of hydrogen-bond donors (Lipinski definition) is 1. The van der Waals surface area contributed by atoms with E-state index < -0.39 is 0 Å². The molecule has 4 rings (SSSR count). The molecule has 144 valence electrons. The van der Waals surface area contributed by atoms with Gasteiger partial charge in [-0.3, -0.25) is 9.80 Å². The van der Waals surface area contributed by atoms with E-state index in [2.05, 4.69) is 9.80 Å². The van der Waals surface area contributed by atoms with Crippen molar-refractivity contribution in [1.82, 2.24) is 9.80 Å². The molecule has 0 aromatic heterocycles. The summed E-state index contributed by atoms with van der Waals surface area (Å²) in [6.07, 6.45) is 7.56. The van der Waals surface area contributed by atoms with Gasteiger partial charge in [-0.05, 0) is 30.9 Å². The quantitative estimate of drug-likeness (QED) is 0.849. The molecule has 1 saturated heterocycles. The number of aliphatic hydroxyl groups is 1. The SMILES string of the molecule is OCC[C@@H]1CN(Cc2cc3c(cc2Cl)OCO3)CCN1C1CCCCC1. The number of aliphatic hydroxyl groups excluding tert-OH is 1. The van der Waals surface area contributed by atoms with Crippen molar-refractivity contribution in [3.8, 4) is 11.5 Å². The van der Waals surface area contributed by atoms with Crippen LogP contribution < -0.4 is 9.47 Å². The van der Waals surface area contributed by atoms with Crippen LogP contribution in [0.4, 0.5) is 0 Å². The largest absolute Gasteiger partial charge is 0.454 e. The molecule has 0 unspecified atom stereocenters. The molecule has 0 spiro atoms. The Kier molecular flexibility index (Phi) is 5.89. The minimum Gasteiger partial charge on any atom is -0.454 e. The number of benzene rings is 1. The van der Waals surface area contributed by atoms with Gasteiger partial charge in [-0.1, -0.05) is 30.9 Å². The van der Waals surface area contributed by atoms with Crippen molar-refractivity contribution in [2.75, 3.05) is 33.0 Å². The molecule has 2 heterocycles. The Morgan fingerprint density at radius 1 is 1.08 bits per heavy atom. The lowest BCUT2D eigenvalue weighted by Crippen LogP contribution is -2.56. The first-order valence-corrected chi connectivity index (χ1v) is 10.3. The van der Waals surface area contributed by atoms with Crippen molar-refractivity contribution >= 4 is 11.6 Å². The molecule has 1 aromatic rings. The highest BCUT2D eigenvalue weighted by atomic mass is 35.5. The van der Waals surface area contributed by atoms with Gasteiger partial charge in [-0.2, -0.15) is 0 Å². The number of piperazine rings is 1. The average molecular weight is 381 g/mol. The number of fused-ring (bicyclic) bond motifs is 1. The van der Waals surface area contributed by atoms with E-state index in [1.807, 2.05) is 12.1 Å². The molecule has 3 aliphatic rings. The summed E-state index contributed by atoms with van der Waals surface area (Å²) in [7, 11) is 0. The van der Waals surface area contributed by atoms with Crippen LogP contribution in [0.5, 0.6) is 11.5 Å². The lowest BCUT2D eigenvalue weighted by atomic mass is 9.91. The number of ether oxygens (including phenoxy) is 2. The van der Waals surface area contributed by atoms with Crippen molar-refractivity contribution in [2.24, 2.45) is 0 Å². The Bertz CT molecular complexity index is 621. The summed E-state index contributed by atoms with van der Waals surface area (Å²) in [5.41, 5.74) is 1.09. The van der Waals surface area contributed by atoms with E-state index in [-0.39, 0.29) is 13.4 Å². The van der Waals surface area contributed by atoms with Crippen molar-refractivity contribution in [1.29, 1.82) is 0 Å². The van der Waals surface area contributed by atoms with Crippen LogP contribution in [-0.4, -0.2) is 60.0 Å². The van der Waals surface area contributed by atoms with Gasteiger partial charge in [0.2, 0.25) is 6.79 Å². The second-order valence-electron chi connectivity index (χ2n) is 7.73. The fourth-order valence-electron chi connectivity index (χ4n) is 4.70. The van der Waals surface area contributed by atoms with E-state index in [1.165, 1.54) is 32.1 Å². The second kappa shape index (κ2) is 8.34. The molecular formula is C20H29ClN2O3. The second-order valence-corrected chi connectivity index (χ2v) is 8.13. The molecule has 1 aromatic carbocycles. The first-order valence-electron chi connectivity index (χ1n) is 9.91. The Balaban J connectivity index is 1.42. The Morgan fingerprint density at radius 3 is 2.62 bits per heavy atom. The number of rotatable bonds is 5. The smallest absolute Gasteiger partial charge is 0.231 e. The van der Waals surface area contributed by atoms with Gasteiger partial charge in [0, 0.05) is 56.0 Å². The van der Waals surface area contributed by atoms with Crippen LogP contribution in [0.1, 0.15) is 44.1 Å². The summed E-state index contributed by atoms with van der Waals surface area (Å²) >= 11 is 6.46. The maximum atomic E-state index is 9.56. The summed E-state index contributed by atoms with van der Waals surface area (Å²) < 4.78 is 10.9. The van der Waals surface area contributed by atoms with Crippen molar-refractivity contribution < 1.29 is 14.6 Å². The topological polar surface area (TPSA) is 45.2 Å². The Hall–Kier alpha value is -1.01. The Morgan fingerprint density at radius 2 is 1.85 bits per heavy atom. The van der Waals surface area contributed by atoms with Gasteiger partial charge in [0.15, 0.2) is 11.5 Å². The highest BCUT2D eigenvalue weighted by Gasteiger charge is 2.32. The molecule has 1 saturated carbocycles. The van der Waals surface area contributed by atoms with Crippen molar-refractivity contribution in [2.45, 2.75) is 57.2 Å². The summed E-state index contributed by atoms with van der Waals surface area (Å²) in [6, 6.07) is 5.02. The maximum Gasteiger partial charge on any atom is 0.231 e. The molecule has 0 radical (unpaired) electrons. The molecule has 0 bridgehead atoms. The first-order chi connectivity index (χ1) is 12.7. The molecule has 6 heteroatoms. The van der Waals surface area contributed by atoms with Crippen LogP contribution >= 0.6 is 11.6 Å². The minimum atomic E-state index is 0.256. The summed E-state index contributed by atoms with van der Waals surface area (Å²) in [5.74, 6) is 1.52. The zero-order valence-corrected chi connectivity index (χ0v) is 16.1. The average Bonchev–Trinajstić information content (AvgIpc) is 3.10. The predicted molar refractivity (Wildman–Crippen MR) is 102 cm³/mol. The maximum absolute atomic E-state index is 9.56. The molecule has 26 heavy (non-hydrogen) atoms. The third-order valence-corrected chi connectivity index (χ3v) is 6.41. The minimum absolute atomic E-state index is 0.256. The lowest BCUT2D eigenvalue weighted by molar-refractivity contribution is 0.0137. The zero-order chi connectivity index (χ0) is 17.9. The van der Waals surface area contributed by atoms with Crippen LogP contribution in [0, 0.1) is 0 Å². The van der Waals surface area contributed by atoms with Gasteiger partial charge in [-0.15, -0.1) is 0 Å². The molecular weight excluding hydrogens is 352 g/mol. The van der Waals surface area contributed by atoms with Gasteiger partial charge >= 0.3 is 0 Å². The predicted octanol–water partition coefficient (Wildman–Crippen LogP) is 3.27. The number of nitrogens with zero attached hydrogens (tertiary/aromatic N) is 2. The fourth-order valence-corrected chi connectivity index (χ4v) is 4.91. The third-order valence-electron chi connectivity index (χ3n) is 6.05. The van der Waals surface area contributed by atoms with Crippen LogP contribution in [0.15, 0.2) is 12.1 Å². The van der Waals surface area contributed by atoms with E-state index >= 15 is 0 Å². The number of hydrogen-bond acceptors (Lipinski definition) is 5. The molecule has 5 nitrogen and oxygen atoms in total. The van der Waals surface area contributed by atoms with Crippen LogP contribution in [0.3, 0.4) is 0 Å². The van der Waals surface area contributed by atoms with Gasteiger partial charge in [-0.25, -0.2) is 0 Å². The van der Waals surface area contributed by atoms with E-state index in [9.17, 15) is 5.11 Å². The summed E-state index contributed by atoms with van der Waals surface area (Å²) in [6.45, 7) is 4.46. The monoisotopic (exact) mass is 380 g/mol. The van der Waals surface area contributed by atoms with Crippen molar-refractivity contribution in [3.63, 3.8) is 0 Å². The molecule has 2 aliphatic heterocycles. The van der Waals surface area contributed by atoms with Crippen LogP contribution in [0.25, 0.3) is 0 Å². The highest BCUT2D eigenvalue weighted by Crippen LogP contribution is 2.37. The van der Waals surface area contributed by atoms with Gasteiger partial charge < -0.3 is 14.6 Å². The lowest BCUT2D eigenvalue weighted by Gasteiger charge is -2.46. The Labute approximate surface area is 160 Å². The summed E-state index contributed by atoms with van der Waals surface area (Å²) in [4.78, 5) is 5.14. The molecule has 2 fully saturated rings. The highest BCUT2D eigenvalue weighted by molar-refractivity contribution is 6.31. The van der Waals surface area contributed by atoms with Crippen LogP contribution in [-0.2, 0) is 6.54 Å². The molecule has 1 atom stereocenters. The third kappa shape index (κ3) is 3.96. The van der Waals surface area contributed by atoms with E-state index in [0.29, 0.717) is 12.1 Å². The molecule has 1 N–H and O–H groups in total.